The fourth-order valence-corrected chi connectivity index (χ4v) is 14.7. The second-order valence-electron chi connectivity index (χ2n) is 30.6. The van der Waals surface area contributed by atoms with Crippen LogP contribution in [0.4, 0.5) is 0 Å². The molecule has 0 spiro atoms. The van der Waals surface area contributed by atoms with E-state index < -0.39 is 5.54 Å². The highest BCUT2D eigenvalue weighted by atomic mass is 35.5. The van der Waals surface area contributed by atoms with Crippen molar-refractivity contribution >= 4 is 52.2 Å². The summed E-state index contributed by atoms with van der Waals surface area (Å²) < 4.78 is 15.7. The third-order valence-corrected chi connectivity index (χ3v) is 22.0. The minimum absolute atomic E-state index is 0.0335. The number of halogens is 4. The SMILES string of the molecule is COc1ccc(-c2cccc(Cn3cncn3)c2)cc1Cl.N#Cc1ccc(-c2ccc(O)c(Cl)c2)cc1Cn1cncn1.O=C(c1ccccc1)c1cccc(-c2cccc(Cn3cncn3)c2)c1.Oc1ccc(-c2ccc(Cn3cncn3)cc2)cc1.Oc1ccc(-c2cccc(Cn3cncn3)c2)cc1Cl.[C-]#[N+]C(C)(C)c1cc(Cn2cncn2)cc(-c2ccc(O)c(Cl)c2)c1. The van der Waals surface area contributed by atoms with E-state index in [9.17, 15) is 30.5 Å². The van der Waals surface area contributed by atoms with Gasteiger partial charge in [-0.1, -0.05) is 216 Å². The fraction of sp³-hybridized carbons (Fsp3) is 0.0971. The van der Waals surface area contributed by atoms with Crippen LogP contribution in [0.2, 0.25) is 20.1 Å². The van der Waals surface area contributed by atoms with Crippen LogP contribution >= 0.6 is 46.4 Å². The molecule has 0 aliphatic heterocycles. The summed E-state index contributed by atoms with van der Waals surface area (Å²) in [6.45, 7) is 15.0. The molecular weight excluding hydrogens is 1760 g/mol. The Hall–Kier alpha value is -16.5. The molecule has 0 saturated carbocycles. The van der Waals surface area contributed by atoms with E-state index in [-0.39, 0.29) is 28.8 Å². The molecule has 6 heterocycles. The third-order valence-electron chi connectivity index (χ3n) is 20.8. The van der Waals surface area contributed by atoms with Crippen molar-refractivity contribution in [2.75, 3.05) is 7.11 Å². The van der Waals surface area contributed by atoms with E-state index in [1.165, 1.54) is 43.5 Å². The van der Waals surface area contributed by atoms with E-state index >= 15 is 0 Å². The monoisotopic (exact) mass is 1840 g/mol. The van der Waals surface area contributed by atoms with Gasteiger partial charge in [0.05, 0.1) is 78.1 Å². The number of phenols is 4. The Bertz CT molecular complexity index is 7120. The molecule has 0 unspecified atom stereocenters. The lowest BCUT2D eigenvalue weighted by Gasteiger charge is -2.16. The van der Waals surface area contributed by atoms with Crippen LogP contribution in [0.1, 0.15) is 74.3 Å². The molecule has 30 heteroatoms. The molecule has 0 bridgehead atoms. The predicted octanol–water partition coefficient (Wildman–Crippen LogP) is 21.7. The zero-order chi connectivity index (χ0) is 93.0. The topological polar surface area (TPSA) is 320 Å². The number of carbonyl (C=O) groups excluding carboxylic acids is 1. The Balaban J connectivity index is 0.000000129. The predicted molar refractivity (Wildman–Crippen MR) is 513 cm³/mol. The molecule has 4 N–H and O–H groups in total. The van der Waals surface area contributed by atoms with Crippen molar-refractivity contribution in [3.05, 3.63) is 448 Å². The zero-order valence-electron chi connectivity index (χ0n) is 71.9. The highest BCUT2D eigenvalue weighted by Gasteiger charge is 2.27. The molecule has 0 aliphatic carbocycles. The maximum Gasteiger partial charge on any atom is 0.252 e. The number of nitrogens with zero attached hydrogens (tertiary/aromatic N) is 20. The third kappa shape index (κ3) is 25.9. The first-order valence-electron chi connectivity index (χ1n) is 41.3. The van der Waals surface area contributed by atoms with Crippen LogP contribution in [-0.2, 0) is 44.8 Å². The van der Waals surface area contributed by atoms with Crippen LogP contribution in [0.15, 0.2) is 361 Å². The van der Waals surface area contributed by atoms with Crippen LogP contribution < -0.4 is 4.74 Å². The molecule has 660 valence electrons. The molecular formula is C103H84Cl4N20O6. The number of phenolic OH excluding ortho intramolecular Hbond substituents is 4. The van der Waals surface area contributed by atoms with Crippen LogP contribution in [-0.4, -0.2) is 122 Å². The highest BCUT2D eigenvalue weighted by molar-refractivity contribution is 6.33. The van der Waals surface area contributed by atoms with Gasteiger partial charge in [-0.05, 0) is 215 Å². The lowest BCUT2D eigenvalue weighted by atomic mass is 9.90. The molecule has 0 radical (unpaired) electrons. The van der Waals surface area contributed by atoms with Gasteiger partial charge in [0.1, 0.15) is 105 Å². The van der Waals surface area contributed by atoms with Gasteiger partial charge in [0.15, 0.2) is 5.78 Å². The van der Waals surface area contributed by atoms with E-state index in [0.29, 0.717) is 75.3 Å². The molecule has 13 aromatic carbocycles. The minimum atomic E-state index is -0.645. The summed E-state index contributed by atoms with van der Waals surface area (Å²) in [7, 11) is 1.61. The molecule has 6 aromatic heterocycles. The maximum absolute atomic E-state index is 12.7. The Labute approximate surface area is 786 Å². The molecule has 0 saturated heterocycles. The van der Waals surface area contributed by atoms with Crippen molar-refractivity contribution < 1.29 is 30.0 Å². The average molecular weight is 1840 g/mol. The van der Waals surface area contributed by atoms with Gasteiger partial charge in [-0.3, -0.25) is 4.79 Å². The van der Waals surface area contributed by atoms with E-state index in [1.54, 1.807) is 134 Å². The number of ether oxygens (including phenoxy) is 1. The number of methoxy groups -OCH3 is 1. The molecule has 0 amide bonds. The van der Waals surface area contributed by atoms with E-state index in [1.807, 2.05) is 172 Å². The smallest absolute Gasteiger partial charge is 0.252 e. The Morgan fingerprint density at radius 1 is 0.353 bits per heavy atom. The molecule has 133 heavy (non-hydrogen) atoms. The molecule has 0 atom stereocenters. The van der Waals surface area contributed by atoms with Gasteiger partial charge in [0, 0.05) is 30.5 Å². The number of hydrogen-bond acceptors (Lipinski definition) is 19. The van der Waals surface area contributed by atoms with Gasteiger partial charge in [0.25, 0.3) is 5.54 Å². The second kappa shape index (κ2) is 45.0. The van der Waals surface area contributed by atoms with Gasteiger partial charge in [-0.15, -0.1) is 0 Å². The number of aromatic hydroxyl groups is 4. The van der Waals surface area contributed by atoms with Crippen LogP contribution in [0.25, 0.3) is 71.6 Å². The highest BCUT2D eigenvalue weighted by Crippen LogP contribution is 2.38. The summed E-state index contributed by atoms with van der Waals surface area (Å²) in [5.41, 5.74) is 20.8. The van der Waals surface area contributed by atoms with Gasteiger partial charge in [-0.2, -0.15) is 35.9 Å². The van der Waals surface area contributed by atoms with Gasteiger partial charge < -0.3 is 30.0 Å². The number of carbonyl (C=O) groups is 1. The Morgan fingerprint density at radius 3 is 1.11 bits per heavy atom. The number of benzene rings is 13. The number of hydrogen-bond donors (Lipinski definition) is 4. The largest absolute Gasteiger partial charge is 0.508 e. The van der Waals surface area contributed by atoms with E-state index in [2.05, 4.69) is 138 Å². The first-order valence-corrected chi connectivity index (χ1v) is 42.8. The summed E-state index contributed by atoms with van der Waals surface area (Å²) in [5.74, 6) is 1.18. The van der Waals surface area contributed by atoms with Gasteiger partial charge in [-0.25, -0.2) is 64.6 Å². The zero-order valence-corrected chi connectivity index (χ0v) is 74.9. The lowest BCUT2D eigenvalue weighted by Crippen LogP contribution is -2.12. The molecule has 0 fully saturated rings. The second-order valence-corrected chi connectivity index (χ2v) is 32.2. The lowest BCUT2D eigenvalue weighted by molar-refractivity contribution is 0.103. The molecule has 19 aromatic rings. The molecule has 0 aliphatic rings. The van der Waals surface area contributed by atoms with Crippen molar-refractivity contribution in [1.82, 2.24) is 88.6 Å². The fourth-order valence-electron chi connectivity index (χ4n) is 13.9. The average Bonchev–Trinajstić information content (AvgIpc) is 1.35. The quantitative estimate of drug-likeness (QED) is 0.0362. The molecule has 19 rings (SSSR count). The van der Waals surface area contributed by atoms with Crippen molar-refractivity contribution in [1.29, 1.82) is 5.26 Å². The minimum Gasteiger partial charge on any atom is -0.508 e. The van der Waals surface area contributed by atoms with E-state index in [0.717, 1.165) is 107 Å². The number of nitriles is 1. The molecule has 26 nitrogen and oxygen atoms in total. The first-order chi connectivity index (χ1) is 64.6. The van der Waals surface area contributed by atoms with Gasteiger partial charge in [0.2, 0.25) is 0 Å². The van der Waals surface area contributed by atoms with Crippen LogP contribution in [0.5, 0.6) is 28.7 Å². The van der Waals surface area contributed by atoms with Crippen molar-refractivity contribution in [2.45, 2.75) is 58.7 Å². The summed E-state index contributed by atoms with van der Waals surface area (Å²) in [6, 6.07) is 92.1. The Morgan fingerprint density at radius 2 is 0.699 bits per heavy atom. The van der Waals surface area contributed by atoms with E-state index in [4.69, 9.17) is 57.7 Å². The summed E-state index contributed by atoms with van der Waals surface area (Å²) >= 11 is 24.1. The number of aromatic nitrogens is 18. The first kappa shape index (κ1) is 92.7. The van der Waals surface area contributed by atoms with Crippen molar-refractivity contribution in [2.24, 2.45) is 0 Å². The maximum atomic E-state index is 12.7. The standard InChI is InChI=1S/C22H17N3O.C19H17ClN4O.C16H11ClN4O.C16H14ClN3O.C15H12ClN3O.C15H13N3O/c26-22(18-7-2-1-3-8-18)21-11-5-10-20(13-21)19-9-4-6-17(12-19)14-25-16-23-15-24-25;1-19(2,21-3)16-7-13(10-24-12-22-11-23-24)6-15(8-16)14-4-5-18(25)17(20)9-14;17-15-6-12(3-4-16(15)22)11-1-2-13(7-18)14(5-11)8-21-10-19-9-20-21;1-21-16-6-5-14(8-15(16)17)13-4-2-3-12(7-13)9-20-11-18-10-19-20;16-14-7-13(4-5-15(14)20)12-3-1-2-11(6-12)8-19-10-17-9-18-19;19-15-7-5-14(6-8-15)13-3-1-12(2-4-13)9-18-11-16-10-17-18/h1-13,15-16H,14H2;4-9,11-12,25H,10H2,1-2H3;1-6,9-10,22H,8H2;2-8,10-11H,9H2,1H3;1-7,9-10,20H,8H2;1-8,10-11,19H,9H2. The summed E-state index contributed by atoms with van der Waals surface area (Å²) in [5, 5.41) is 73.3. The Kier molecular flexibility index (Phi) is 31.3. The van der Waals surface area contributed by atoms with Gasteiger partial charge >= 0.3 is 0 Å². The van der Waals surface area contributed by atoms with Crippen LogP contribution in [0.3, 0.4) is 0 Å². The number of rotatable bonds is 22. The number of ketones is 1. The summed E-state index contributed by atoms with van der Waals surface area (Å²) in [6.07, 6.45) is 19.1. The van der Waals surface area contributed by atoms with Crippen molar-refractivity contribution in [3.63, 3.8) is 0 Å². The normalized spacial score (nSPS) is 10.7. The van der Waals surface area contributed by atoms with Crippen molar-refractivity contribution in [3.8, 4) is 102 Å². The van der Waals surface area contributed by atoms with Crippen LogP contribution in [0, 0.1) is 17.9 Å². The summed E-state index contributed by atoms with van der Waals surface area (Å²) in [4.78, 5) is 40.1.